The number of rotatable bonds is 5. The standard InChI is InChI=1S/C40H29N3/c1-5-16-28(17-6-1)37-41-38(29-18-7-2-8-19-29)43-39(42-37)33-25-15-27-35-36(33)32-24-13-14-26-34(32)40(35,30-20-9-3-10-21-30)31-22-11-4-12-23-31/h1-27,39H,(H,41,42,43). The Morgan fingerprint density at radius 3 is 1.67 bits per heavy atom. The first-order valence-corrected chi connectivity index (χ1v) is 14.7. The van der Waals surface area contributed by atoms with Gasteiger partial charge in [0.05, 0.1) is 5.41 Å². The van der Waals surface area contributed by atoms with Gasteiger partial charge in [0.2, 0.25) is 0 Å². The first-order chi connectivity index (χ1) is 21.3. The summed E-state index contributed by atoms with van der Waals surface area (Å²) in [6.45, 7) is 0. The lowest BCUT2D eigenvalue weighted by molar-refractivity contribution is 0.674. The minimum Gasteiger partial charge on any atom is -0.344 e. The van der Waals surface area contributed by atoms with Gasteiger partial charge in [0.15, 0.2) is 5.84 Å². The average molecular weight is 552 g/mol. The summed E-state index contributed by atoms with van der Waals surface area (Å²) in [5, 5.41) is 3.72. The van der Waals surface area contributed by atoms with Crippen LogP contribution in [-0.2, 0) is 5.41 Å². The van der Waals surface area contributed by atoms with Crippen LogP contribution in [-0.4, -0.2) is 11.7 Å². The van der Waals surface area contributed by atoms with Gasteiger partial charge in [-0.25, -0.2) is 9.98 Å². The number of nitrogens with one attached hydrogen (secondary N) is 1. The molecule has 0 saturated heterocycles. The summed E-state index contributed by atoms with van der Waals surface area (Å²) in [7, 11) is 0. The van der Waals surface area contributed by atoms with Gasteiger partial charge in [-0.1, -0.05) is 164 Å². The molecule has 0 aromatic heterocycles. The van der Waals surface area contributed by atoms with Gasteiger partial charge in [-0.2, -0.15) is 0 Å². The maximum atomic E-state index is 5.26. The summed E-state index contributed by atoms with van der Waals surface area (Å²) in [6.07, 6.45) is -0.326. The molecule has 2 aliphatic rings. The summed E-state index contributed by atoms with van der Waals surface area (Å²) >= 11 is 0. The van der Waals surface area contributed by atoms with E-state index in [2.05, 4.69) is 133 Å². The summed E-state index contributed by atoms with van der Waals surface area (Å²) in [4.78, 5) is 10.3. The molecule has 1 aliphatic carbocycles. The van der Waals surface area contributed by atoms with Crippen molar-refractivity contribution in [2.75, 3.05) is 0 Å². The smallest absolute Gasteiger partial charge is 0.159 e. The molecule has 0 radical (unpaired) electrons. The molecule has 0 amide bonds. The van der Waals surface area contributed by atoms with Gasteiger partial charge < -0.3 is 5.32 Å². The molecule has 0 fully saturated rings. The Kier molecular flexibility index (Phi) is 6.08. The van der Waals surface area contributed by atoms with E-state index in [0.29, 0.717) is 0 Å². The Morgan fingerprint density at radius 1 is 0.488 bits per heavy atom. The molecule has 8 rings (SSSR count). The third-order valence-corrected chi connectivity index (χ3v) is 8.63. The van der Waals surface area contributed by atoms with Crippen molar-refractivity contribution in [3.8, 4) is 11.1 Å². The Morgan fingerprint density at radius 2 is 1.02 bits per heavy atom. The lowest BCUT2D eigenvalue weighted by Crippen LogP contribution is -2.34. The number of amidine groups is 2. The monoisotopic (exact) mass is 551 g/mol. The van der Waals surface area contributed by atoms with E-state index in [1.54, 1.807) is 0 Å². The van der Waals surface area contributed by atoms with Crippen LogP contribution >= 0.6 is 0 Å². The van der Waals surface area contributed by atoms with E-state index in [1.807, 2.05) is 36.4 Å². The molecule has 6 aromatic rings. The van der Waals surface area contributed by atoms with Crippen molar-refractivity contribution < 1.29 is 0 Å². The highest BCUT2D eigenvalue weighted by molar-refractivity contribution is 6.13. The second-order valence-corrected chi connectivity index (χ2v) is 11.0. The fourth-order valence-corrected chi connectivity index (χ4v) is 6.82. The van der Waals surface area contributed by atoms with Gasteiger partial charge in [-0.3, -0.25) is 0 Å². The molecule has 204 valence electrons. The topological polar surface area (TPSA) is 36.8 Å². The van der Waals surface area contributed by atoms with Crippen LogP contribution in [0.25, 0.3) is 11.1 Å². The van der Waals surface area contributed by atoms with Gasteiger partial charge in [0.25, 0.3) is 0 Å². The average Bonchev–Trinajstić information content (AvgIpc) is 3.41. The predicted octanol–water partition coefficient (Wildman–Crippen LogP) is 8.55. The molecule has 3 nitrogen and oxygen atoms in total. The third kappa shape index (κ3) is 4.04. The van der Waals surface area contributed by atoms with E-state index in [-0.39, 0.29) is 6.17 Å². The van der Waals surface area contributed by atoms with Crippen molar-refractivity contribution >= 4 is 11.7 Å². The van der Waals surface area contributed by atoms with Gasteiger partial charge >= 0.3 is 0 Å². The zero-order chi connectivity index (χ0) is 28.6. The lowest BCUT2D eigenvalue weighted by Gasteiger charge is -2.34. The lowest BCUT2D eigenvalue weighted by atomic mass is 9.67. The maximum Gasteiger partial charge on any atom is 0.159 e. The van der Waals surface area contributed by atoms with Crippen LogP contribution in [0.2, 0.25) is 0 Å². The molecule has 1 heterocycles. The fourth-order valence-electron chi connectivity index (χ4n) is 6.82. The number of hydrogen-bond acceptors (Lipinski definition) is 3. The number of nitrogens with zero attached hydrogens (tertiary/aromatic N) is 2. The maximum absolute atomic E-state index is 5.26. The van der Waals surface area contributed by atoms with Crippen molar-refractivity contribution in [3.63, 3.8) is 0 Å². The van der Waals surface area contributed by atoms with Crippen LogP contribution in [0.4, 0.5) is 0 Å². The molecule has 1 atom stereocenters. The second kappa shape index (κ2) is 10.4. The largest absolute Gasteiger partial charge is 0.344 e. The Hall–Kier alpha value is -5.54. The first kappa shape index (κ1) is 25.2. The third-order valence-electron chi connectivity index (χ3n) is 8.63. The molecule has 0 saturated carbocycles. The predicted molar refractivity (Wildman–Crippen MR) is 176 cm³/mol. The van der Waals surface area contributed by atoms with Gasteiger partial charge in [0, 0.05) is 16.7 Å². The molecule has 1 aliphatic heterocycles. The van der Waals surface area contributed by atoms with E-state index in [1.165, 1.54) is 33.4 Å². The molecule has 3 heteroatoms. The number of aliphatic imine (C=N–C) groups is 2. The summed E-state index contributed by atoms with van der Waals surface area (Å²) in [5.74, 6) is 1.55. The summed E-state index contributed by atoms with van der Waals surface area (Å²) in [6, 6.07) is 58.0. The molecule has 1 N–H and O–H groups in total. The van der Waals surface area contributed by atoms with Gasteiger partial charge in [-0.15, -0.1) is 0 Å². The zero-order valence-corrected chi connectivity index (χ0v) is 23.6. The van der Waals surface area contributed by atoms with Crippen molar-refractivity contribution in [3.05, 3.63) is 203 Å². The molecule has 0 bridgehead atoms. The van der Waals surface area contributed by atoms with Crippen LogP contribution < -0.4 is 5.32 Å². The minimum atomic E-state index is -0.457. The molecule has 6 aromatic carbocycles. The van der Waals surface area contributed by atoms with Crippen molar-refractivity contribution in [2.24, 2.45) is 9.98 Å². The SMILES string of the molecule is c1ccc(C2=NC(c3cccc4c3-c3ccccc3C4(c3ccccc3)c3ccccc3)NC(c3ccccc3)=N2)cc1. The van der Waals surface area contributed by atoms with E-state index < -0.39 is 5.41 Å². The van der Waals surface area contributed by atoms with E-state index in [9.17, 15) is 0 Å². The quantitative estimate of drug-likeness (QED) is 0.229. The fraction of sp³-hybridized carbons (Fsp3) is 0.0500. The molecule has 0 spiro atoms. The Balaban J connectivity index is 1.39. The highest BCUT2D eigenvalue weighted by atomic mass is 15.2. The van der Waals surface area contributed by atoms with Crippen LogP contribution in [0.3, 0.4) is 0 Å². The number of hydrogen-bond donors (Lipinski definition) is 1. The molecule has 1 unspecified atom stereocenters. The minimum absolute atomic E-state index is 0.326. The van der Waals surface area contributed by atoms with Crippen LogP contribution in [0.1, 0.15) is 45.1 Å². The van der Waals surface area contributed by atoms with E-state index >= 15 is 0 Å². The second-order valence-electron chi connectivity index (χ2n) is 11.0. The molecular formula is C40H29N3. The van der Waals surface area contributed by atoms with Crippen LogP contribution in [0, 0.1) is 0 Å². The number of fused-ring (bicyclic) bond motifs is 3. The molecule has 43 heavy (non-hydrogen) atoms. The first-order valence-electron chi connectivity index (χ1n) is 14.7. The van der Waals surface area contributed by atoms with Gasteiger partial charge in [0.1, 0.15) is 12.0 Å². The highest BCUT2D eigenvalue weighted by Gasteiger charge is 2.47. The zero-order valence-electron chi connectivity index (χ0n) is 23.6. The van der Waals surface area contributed by atoms with Gasteiger partial charge in [-0.05, 0) is 33.4 Å². The summed E-state index contributed by atoms with van der Waals surface area (Å²) in [5.41, 5.74) is 10.2. The van der Waals surface area contributed by atoms with E-state index in [0.717, 1.165) is 28.4 Å². The Bertz CT molecular complexity index is 1940. The van der Waals surface area contributed by atoms with E-state index in [4.69, 9.17) is 9.98 Å². The normalized spacial score (nSPS) is 16.3. The van der Waals surface area contributed by atoms with Crippen molar-refractivity contribution in [1.29, 1.82) is 0 Å². The number of benzene rings is 6. The van der Waals surface area contributed by atoms with Crippen molar-refractivity contribution in [1.82, 2.24) is 5.32 Å². The van der Waals surface area contributed by atoms with Crippen LogP contribution in [0.5, 0.6) is 0 Å². The Labute approximate surface area is 252 Å². The summed E-state index contributed by atoms with van der Waals surface area (Å²) < 4.78 is 0. The highest BCUT2D eigenvalue weighted by Crippen LogP contribution is 2.57. The molecular weight excluding hydrogens is 522 g/mol. The van der Waals surface area contributed by atoms with Crippen molar-refractivity contribution in [2.45, 2.75) is 11.6 Å². The van der Waals surface area contributed by atoms with Crippen LogP contribution in [0.15, 0.2) is 174 Å².